The van der Waals surface area contributed by atoms with Gasteiger partial charge in [0.25, 0.3) is 5.91 Å². The van der Waals surface area contributed by atoms with Crippen molar-refractivity contribution in [2.75, 3.05) is 36.9 Å². The van der Waals surface area contributed by atoms with E-state index in [4.69, 9.17) is 4.74 Å². The van der Waals surface area contributed by atoms with Crippen LogP contribution < -0.4 is 25.6 Å². The van der Waals surface area contributed by atoms with Gasteiger partial charge in [-0.1, -0.05) is 38.1 Å². The summed E-state index contributed by atoms with van der Waals surface area (Å²) in [6.07, 6.45) is -0.921. The summed E-state index contributed by atoms with van der Waals surface area (Å²) in [7, 11) is 0. The predicted molar refractivity (Wildman–Crippen MR) is 176 cm³/mol. The van der Waals surface area contributed by atoms with Gasteiger partial charge in [-0.2, -0.15) is 0 Å². The Hall–Kier alpha value is -4.53. The van der Waals surface area contributed by atoms with E-state index in [1.807, 2.05) is 0 Å². The van der Waals surface area contributed by atoms with Crippen LogP contribution in [0.5, 0.6) is 5.75 Å². The number of anilines is 1. The summed E-state index contributed by atoms with van der Waals surface area (Å²) in [4.78, 5) is 50.4. The molecule has 0 spiro atoms. The van der Waals surface area contributed by atoms with E-state index in [-0.39, 0.29) is 43.8 Å². The Morgan fingerprint density at radius 1 is 0.896 bits per heavy atom. The lowest BCUT2D eigenvalue weighted by Gasteiger charge is -2.47. The third-order valence-corrected chi connectivity index (χ3v) is 8.95. The van der Waals surface area contributed by atoms with Crippen molar-refractivity contribution >= 4 is 41.1 Å². The smallest absolute Gasteiger partial charge is 0.320 e. The zero-order valence-electron chi connectivity index (χ0n) is 26.4. The molecule has 1 saturated heterocycles. The summed E-state index contributed by atoms with van der Waals surface area (Å²) in [5.74, 6) is -2.56. The molecule has 3 aromatic rings. The summed E-state index contributed by atoms with van der Waals surface area (Å²) < 4.78 is 32.5. The summed E-state index contributed by atoms with van der Waals surface area (Å²) in [5.41, 5.74) is 1.79. The lowest BCUT2D eigenvalue weighted by molar-refractivity contribution is -0.140. The molecule has 0 radical (unpaired) electrons. The molecule has 1 aliphatic rings. The highest BCUT2D eigenvalue weighted by molar-refractivity contribution is 8.00. The largest absolute Gasteiger partial charge is 0.484 e. The molecular weight excluding hydrogens is 646 g/mol. The summed E-state index contributed by atoms with van der Waals surface area (Å²) in [5, 5.41) is 27.2. The van der Waals surface area contributed by atoms with Crippen LogP contribution in [-0.4, -0.2) is 77.2 Å². The van der Waals surface area contributed by atoms with Crippen LogP contribution in [-0.2, 0) is 19.2 Å². The highest BCUT2D eigenvalue weighted by Gasteiger charge is 2.49. The number of carbonyl (C=O) groups is 4. The predicted octanol–water partition coefficient (Wildman–Crippen LogP) is 3.20. The Labute approximate surface area is 281 Å². The number of nitrogens with zero attached hydrogens (tertiary/aromatic N) is 1. The highest BCUT2D eigenvalue weighted by Crippen LogP contribution is 2.46. The van der Waals surface area contributed by atoms with Crippen molar-refractivity contribution in [3.05, 3.63) is 95.6 Å². The molecule has 0 aromatic heterocycles. The topological polar surface area (TPSA) is 157 Å². The first-order chi connectivity index (χ1) is 22.9. The number of ether oxygens (including phenoxy) is 1. The number of carboxylic acids is 1. The molecule has 0 saturated carbocycles. The van der Waals surface area contributed by atoms with E-state index >= 15 is 0 Å². The Morgan fingerprint density at radius 3 is 2.12 bits per heavy atom. The molecule has 3 amide bonds. The number of nitrogens with one attached hydrogen (secondary N) is 3. The molecule has 4 atom stereocenters. The molecule has 14 heteroatoms. The molecular formula is C34H38F2N4O7S. The van der Waals surface area contributed by atoms with Crippen LogP contribution >= 0.6 is 11.8 Å². The molecule has 11 nitrogen and oxygen atoms in total. The van der Waals surface area contributed by atoms with Gasteiger partial charge in [0.05, 0.1) is 18.7 Å². The number of aliphatic carboxylic acids is 1. The molecule has 48 heavy (non-hydrogen) atoms. The van der Waals surface area contributed by atoms with Gasteiger partial charge in [-0.15, -0.1) is 11.8 Å². The van der Waals surface area contributed by atoms with Gasteiger partial charge < -0.3 is 35.8 Å². The molecule has 4 rings (SSSR count). The van der Waals surface area contributed by atoms with Gasteiger partial charge in [-0.05, 0) is 65.6 Å². The Morgan fingerprint density at radius 2 is 1.52 bits per heavy atom. The standard InChI is InChI=1S/C34H38F2N4O7S/c1-20(2)30(34(45)46)38-16-15-37-28(42)17-39-29(43)18-47-26-13-5-22(6-14-26)31-32(33(44)40(31)25-11-9-24(36)10-12-25)48-19-27(41)21-3-7-23(35)8-4-21/h3-14,20,27,30-32,38,41H,15-19H2,1-2H3,(H,37,42)(H,39,43)(H,45,46)/t27-,30+,31?,32+/m0/s1. The number of hydrogen-bond acceptors (Lipinski definition) is 8. The number of carbonyl (C=O) groups excluding carboxylic acids is 3. The first-order valence-electron chi connectivity index (χ1n) is 15.3. The third-order valence-electron chi connectivity index (χ3n) is 7.62. The van der Waals surface area contributed by atoms with Crippen LogP contribution in [0.15, 0.2) is 72.8 Å². The van der Waals surface area contributed by atoms with Crippen LogP contribution in [0.1, 0.15) is 37.1 Å². The van der Waals surface area contributed by atoms with Crippen molar-refractivity contribution in [2.45, 2.75) is 37.3 Å². The summed E-state index contributed by atoms with van der Waals surface area (Å²) >= 11 is 1.27. The number of hydrogen-bond donors (Lipinski definition) is 5. The summed E-state index contributed by atoms with van der Waals surface area (Å²) in [6.45, 7) is 3.36. The average molecular weight is 685 g/mol. The lowest BCUT2D eigenvalue weighted by atomic mass is 9.92. The van der Waals surface area contributed by atoms with Crippen LogP contribution in [0.4, 0.5) is 14.5 Å². The van der Waals surface area contributed by atoms with Crippen LogP contribution in [0.2, 0.25) is 0 Å². The number of halogens is 2. The molecule has 1 unspecified atom stereocenters. The van der Waals surface area contributed by atoms with E-state index in [0.717, 1.165) is 5.56 Å². The zero-order valence-corrected chi connectivity index (χ0v) is 27.2. The molecule has 0 bridgehead atoms. The van der Waals surface area contributed by atoms with E-state index in [0.29, 0.717) is 17.0 Å². The quantitative estimate of drug-likeness (QED) is 0.106. The van der Waals surface area contributed by atoms with Gasteiger partial charge in [0.1, 0.15) is 28.7 Å². The van der Waals surface area contributed by atoms with Gasteiger partial charge in [0.2, 0.25) is 11.8 Å². The second-order valence-electron chi connectivity index (χ2n) is 11.4. The third kappa shape index (κ3) is 9.75. The maximum atomic E-state index is 13.6. The van der Waals surface area contributed by atoms with E-state index in [1.165, 1.54) is 60.3 Å². The first kappa shape index (κ1) is 36.3. The fraction of sp³-hybridized carbons (Fsp3) is 0.353. The summed E-state index contributed by atoms with van der Waals surface area (Å²) in [6, 6.07) is 16.7. The number of β-lactam (4-membered cyclic amide) rings is 1. The van der Waals surface area contributed by atoms with E-state index in [9.17, 15) is 38.2 Å². The van der Waals surface area contributed by atoms with Gasteiger partial charge in [-0.3, -0.25) is 19.2 Å². The Kier molecular flexibility index (Phi) is 12.9. The fourth-order valence-electron chi connectivity index (χ4n) is 5.05. The van der Waals surface area contributed by atoms with Gasteiger partial charge in [-0.25, -0.2) is 8.78 Å². The number of aliphatic hydroxyl groups is 1. The first-order valence-corrected chi connectivity index (χ1v) is 16.4. The fourth-order valence-corrected chi connectivity index (χ4v) is 6.35. The maximum absolute atomic E-state index is 13.6. The maximum Gasteiger partial charge on any atom is 0.320 e. The lowest BCUT2D eigenvalue weighted by Crippen LogP contribution is -2.57. The van der Waals surface area contributed by atoms with Crippen molar-refractivity contribution < 1.29 is 42.9 Å². The van der Waals surface area contributed by atoms with Crippen molar-refractivity contribution in [1.82, 2.24) is 16.0 Å². The molecule has 1 fully saturated rings. The van der Waals surface area contributed by atoms with E-state index in [1.54, 1.807) is 43.0 Å². The molecule has 0 aliphatic carbocycles. The molecule has 1 heterocycles. The van der Waals surface area contributed by atoms with Crippen LogP contribution in [0.3, 0.4) is 0 Å². The van der Waals surface area contributed by atoms with E-state index in [2.05, 4.69) is 16.0 Å². The minimum absolute atomic E-state index is 0.122. The highest BCUT2D eigenvalue weighted by atomic mass is 32.2. The molecule has 256 valence electrons. The molecule has 1 aliphatic heterocycles. The second-order valence-corrected chi connectivity index (χ2v) is 12.6. The number of thioether (sulfide) groups is 1. The normalized spacial score (nSPS) is 17.0. The minimum atomic E-state index is -0.970. The van der Waals surface area contributed by atoms with Gasteiger partial charge in [0, 0.05) is 24.5 Å². The van der Waals surface area contributed by atoms with Crippen LogP contribution in [0.25, 0.3) is 0 Å². The number of carboxylic acid groups (broad SMARTS) is 1. The monoisotopic (exact) mass is 684 g/mol. The van der Waals surface area contributed by atoms with Crippen molar-refractivity contribution in [3.63, 3.8) is 0 Å². The Bertz CT molecular complexity index is 1560. The van der Waals surface area contributed by atoms with Crippen molar-refractivity contribution in [3.8, 4) is 5.75 Å². The SMILES string of the molecule is CC(C)[C@@H](NCCNC(=O)CNC(=O)COc1ccc(C2[C@@H](SC[C@H](O)c3ccc(F)cc3)C(=O)N2c2ccc(F)cc2)cc1)C(=O)O. The minimum Gasteiger partial charge on any atom is -0.484 e. The number of amides is 3. The van der Waals surface area contributed by atoms with Crippen molar-refractivity contribution in [2.24, 2.45) is 5.92 Å². The number of rotatable bonds is 17. The Balaban J connectivity index is 1.29. The number of aliphatic hydroxyl groups excluding tert-OH is 1. The van der Waals surface area contributed by atoms with Gasteiger partial charge >= 0.3 is 5.97 Å². The average Bonchev–Trinajstić information content (AvgIpc) is 3.06. The zero-order chi connectivity index (χ0) is 34.8. The molecule has 5 N–H and O–H groups in total. The van der Waals surface area contributed by atoms with Gasteiger partial charge in [0.15, 0.2) is 6.61 Å². The van der Waals surface area contributed by atoms with Crippen molar-refractivity contribution in [1.29, 1.82) is 0 Å². The van der Waals surface area contributed by atoms with E-state index < -0.39 is 52.9 Å². The second kappa shape index (κ2) is 17.0. The van der Waals surface area contributed by atoms with Crippen LogP contribution in [0, 0.1) is 17.6 Å². The number of benzene rings is 3. The molecule has 3 aromatic carbocycles.